The minimum absolute atomic E-state index is 0.0171. The molecule has 3 rings (SSSR count). The van der Waals surface area contributed by atoms with Crippen LogP contribution in [0.1, 0.15) is 45.2 Å². The van der Waals surface area contributed by atoms with Gasteiger partial charge in [-0.05, 0) is 48.1 Å². The second-order valence-corrected chi connectivity index (χ2v) is 8.78. The van der Waals surface area contributed by atoms with E-state index in [4.69, 9.17) is 0 Å². The van der Waals surface area contributed by atoms with Crippen LogP contribution in [0.15, 0.2) is 47.3 Å². The minimum atomic E-state index is -0.0171. The molecule has 1 amide bonds. The maximum Gasteiger partial charge on any atom is 0.308 e. The van der Waals surface area contributed by atoms with E-state index in [1.54, 1.807) is 4.57 Å². The molecule has 0 radical (unpaired) electrons. The van der Waals surface area contributed by atoms with Crippen molar-refractivity contribution in [2.75, 3.05) is 5.32 Å². The van der Waals surface area contributed by atoms with Gasteiger partial charge in [-0.1, -0.05) is 56.4 Å². The highest BCUT2D eigenvalue weighted by atomic mass is 32.1. The molecule has 0 aliphatic rings. The summed E-state index contributed by atoms with van der Waals surface area (Å²) in [6, 6.07) is 14.1. The van der Waals surface area contributed by atoms with Gasteiger partial charge in [0.25, 0.3) is 0 Å². The van der Waals surface area contributed by atoms with E-state index >= 15 is 0 Å². The quantitative estimate of drug-likeness (QED) is 0.679. The van der Waals surface area contributed by atoms with Gasteiger partial charge in [0.1, 0.15) is 0 Å². The van der Waals surface area contributed by atoms with Crippen molar-refractivity contribution < 1.29 is 4.79 Å². The molecule has 5 heteroatoms. The predicted octanol–water partition coefficient (Wildman–Crippen LogP) is 4.95. The summed E-state index contributed by atoms with van der Waals surface area (Å²) in [7, 11) is 0. The summed E-state index contributed by atoms with van der Waals surface area (Å²) in [5.41, 5.74) is 4.24. The largest absolute Gasteiger partial charge is 0.326 e. The van der Waals surface area contributed by atoms with E-state index < -0.39 is 0 Å². The molecule has 4 nitrogen and oxygen atoms in total. The van der Waals surface area contributed by atoms with Gasteiger partial charge in [0.2, 0.25) is 5.91 Å². The van der Waals surface area contributed by atoms with Crippen LogP contribution >= 0.6 is 11.3 Å². The highest BCUT2D eigenvalue weighted by Crippen LogP contribution is 2.23. The number of carbonyl (C=O) groups excluding carboxylic acids is 1. The van der Waals surface area contributed by atoms with Crippen molar-refractivity contribution in [3.63, 3.8) is 0 Å². The van der Waals surface area contributed by atoms with Gasteiger partial charge in [0, 0.05) is 18.7 Å². The molecule has 0 spiro atoms. The van der Waals surface area contributed by atoms with Gasteiger partial charge in [-0.25, -0.2) is 0 Å². The van der Waals surface area contributed by atoms with Gasteiger partial charge in [0.15, 0.2) is 0 Å². The number of benzene rings is 2. The van der Waals surface area contributed by atoms with E-state index in [1.807, 2.05) is 25.1 Å². The van der Waals surface area contributed by atoms with E-state index in [1.165, 1.54) is 16.9 Å². The minimum Gasteiger partial charge on any atom is -0.326 e. The first-order chi connectivity index (χ1) is 12.8. The Labute approximate surface area is 163 Å². The number of hydrogen-bond donors (Lipinski definition) is 1. The normalized spacial score (nSPS) is 11.7. The lowest BCUT2D eigenvalue weighted by Gasteiger charge is -2.19. The Balaban J connectivity index is 1.62. The summed E-state index contributed by atoms with van der Waals surface area (Å²) in [6.07, 6.45) is 1.14. The zero-order valence-corrected chi connectivity index (χ0v) is 17.2. The lowest BCUT2D eigenvalue weighted by molar-refractivity contribution is -0.116. The molecule has 3 aromatic rings. The van der Waals surface area contributed by atoms with Gasteiger partial charge in [0.05, 0.1) is 10.2 Å². The molecule has 1 N–H and O–H groups in total. The van der Waals surface area contributed by atoms with Crippen LogP contribution in [0.5, 0.6) is 0 Å². The van der Waals surface area contributed by atoms with Crippen molar-refractivity contribution in [2.24, 2.45) is 0 Å². The molecule has 0 saturated carbocycles. The monoisotopic (exact) mass is 382 g/mol. The van der Waals surface area contributed by atoms with Crippen molar-refractivity contribution >= 4 is 33.1 Å². The van der Waals surface area contributed by atoms with Crippen LogP contribution in [-0.4, -0.2) is 10.5 Å². The van der Waals surface area contributed by atoms with Crippen LogP contribution in [0.3, 0.4) is 0 Å². The first-order valence-corrected chi connectivity index (χ1v) is 10.1. The molecular formula is C22H26N2O2S. The molecule has 2 aromatic carbocycles. The second kappa shape index (κ2) is 7.69. The zero-order valence-electron chi connectivity index (χ0n) is 16.3. The lowest BCUT2D eigenvalue weighted by Crippen LogP contribution is -2.13. The standard InChI is InChI=1S/C22H26N2O2S/c1-5-24-18-12-11-17(14-19(18)27-21(24)26)23-20(25)13-8-15-6-9-16(10-7-15)22(2,3)4/h6-7,9-12,14H,5,8,13H2,1-4H3,(H,23,25). The average molecular weight is 383 g/mol. The molecule has 0 saturated heterocycles. The number of nitrogens with zero attached hydrogens (tertiary/aromatic N) is 1. The molecule has 0 bridgehead atoms. The molecular weight excluding hydrogens is 356 g/mol. The highest BCUT2D eigenvalue weighted by molar-refractivity contribution is 7.16. The van der Waals surface area contributed by atoms with E-state index in [9.17, 15) is 9.59 Å². The molecule has 1 heterocycles. The summed E-state index contributed by atoms with van der Waals surface area (Å²) in [5, 5.41) is 2.94. The third kappa shape index (κ3) is 4.48. The van der Waals surface area contributed by atoms with Gasteiger partial charge in [-0.3, -0.25) is 14.2 Å². The Bertz CT molecular complexity index is 1010. The summed E-state index contributed by atoms with van der Waals surface area (Å²) >= 11 is 1.21. The fourth-order valence-electron chi connectivity index (χ4n) is 3.10. The third-order valence-electron chi connectivity index (χ3n) is 4.73. The third-order valence-corrected chi connectivity index (χ3v) is 5.67. The fourth-order valence-corrected chi connectivity index (χ4v) is 4.09. The molecule has 0 aliphatic heterocycles. The molecule has 0 atom stereocenters. The Morgan fingerprint density at radius 1 is 1.11 bits per heavy atom. The van der Waals surface area contributed by atoms with Gasteiger partial charge in [-0.2, -0.15) is 0 Å². The van der Waals surface area contributed by atoms with Crippen LogP contribution in [-0.2, 0) is 23.2 Å². The maximum absolute atomic E-state index is 12.3. The number of fused-ring (bicyclic) bond motifs is 1. The number of rotatable bonds is 5. The Morgan fingerprint density at radius 2 is 1.81 bits per heavy atom. The number of aryl methyl sites for hydroxylation is 2. The van der Waals surface area contributed by atoms with Crippen molar-refractivity contribution in [3.05, 3.63) is 63.3 Å². The van der Waals surface area contributed by atoms with Crippen molar-refractivity contribution in [3.8, 4) is 0 Å². The molecule has 0 fully saturated rings. The summed E-state index contributed by atoms with van der Waals surface area (Å²) < 4.78 is 2.64. The van der Waals surface area contributed by atoms with Crippen LogP contribution < -0.4 is 10.2 Å². The summed E-state index contributed by atoms with van der Waals surface area (Å²) in [4.78, 5) is 24.3. The van der Waals surface area contributed by atoms with E-state index in [-0.39, 0.29) is 16.2 Å². The smallest absolute Gasteiger partial charge is 0.308 e. The maximum atomic E-state index is 12.3. The lowest BCUT2D eigenvalue weighted by atomic mass is 9.86. The SMILES string of the molecule is CCn1c(=O)sc2cc(NC(=O)CCc3ccc(C(C)(C)C)cc3)ccc21. The Hall–Kier alpha value is -2.40. The number of aromatic nitrogens is 1. The van der Waals surface area contributed by atoms with Crippen molar-refractivity contribution in [1.29, 1.82) is 0 Å². The van der Waals surface area contributed by atoms with Gasteiger partial charge >= 0.3 is 4.87 Å². The first-order valence-electron chi connectivity index (χ1n) is 9.30. The molecule has 142 valence electrons. The predicted molar refractivity (Wildman–Crippen MR) is 114 cm³/mol. The number of nitrogens with one attached hydrogen (secondary N) is 1. The van der Waals surface area contributed by atoms with Crippen LogP contribution in [0, 0.1) is 0 Å². The fraction of sp³-hybridized carbons (Fsp3) is 0.364. The number of hydrogen-bond acceptors (Lipinski definition) is 3. The van der Waals surface area contributed by atoms with E-state index in [0.717, 1.165) is 21.5 Å². The molecule has 27 heavy (non-hydrogen) atoms. The van der Waals surface area contributed by atoms with Crippen molar-refractivity contribution in [2.45, 2.75) is 52.5 Å². The number of anilines is 1. The van der Waals surface area contributed by atoms with Crippen LogP contribution in [0.4, 0.5) is 5.69 Å². The summed E-state index contributed by atoms with van der Waals surface area (Å²) in [6.45, 7) is 9.18. The highest BCUT2D eigenvalue weighted by Gasteiger charge is 2.13. The summed E-state index contributed by atoms with van der Waals surface area (Å²) in [5.74, 6) is -0.0171. The Kier molecular flexibility index (Phi) is 5.51. The number of amides is 1. The zero-order chi connectivity index (χ0) is 19.6. The van der Waals surface area contributed by atoms with E-state index in [2.05, 4.69) is 50.4 Å². The van der Waals surface area contributed by atoms with E-state index in [0.29, 0.717) is 19.4 Å². The topological polar surface area (TPSA) is 51.1 Å². The number of carbonyl (C=O) groups is 1. The van der Waals surface area contributed by atoms with Crippen LogP contribution in [0.2, 0.25) is 0 Å². The molecule has 0 aliphatic carbocycles. The number of thiazole rings is 1. The van der Waals surface area contributed by atoms with Crippen LogP contribution in [0.25, 0.3) is 10.2 Å². The molecule has 1 aromatic heterocycles. The second-order valence-electron chi connectivity index (χ2n) is 7.79. The Morgan fingerprint density at radius 3 is 2.44 bits per heavy atom. The van der Waals surface area contributed by atoms with Crippen molar-refractivity contribution in [1.82, 2.24) is 4.57 Å². The van der Waals surface area contributed by atoms with Gasteiger partial charge < -0.3 is 5.32 Å². The van der Waals surface area contributed by atoms with Gasteiger partial charge in [-0.15, -0.1) is 0 Å². The first kappa shape index (κ1) is 19.4. The molecule has 0 unspecified atom stereocenters. The average Bonchev–Trinajstić information content (AvgIpc) is 2.93.